The van der Waals surface area contributed by atoms with Gasteiger partial charge in [0.25, 0.3) is 0 Å². The van der Waals surface area contributed by atoms with Gasteiger partial charge in [-0.2, -0.15) is 5.10 Å². The number of halogens is 1. The Balaban J connectivity index is 1.74. The Morgan fingerprint density at radius 2 is 2.04 bits per heavy atom. The molecule has 0 saturated heterocycles. The van der Waals surface area contributed by atoms with Crippen molar-refractivity contribution in [3.05, 3.63) is 47.7 Å². The second-order valence-corrected chi connectivity index (χ2v) is 7.39. The fourth-order valence-corrected chi connectivity index (χ4v) is 3.46. The van der Waals surface area contributed by atoms with Crippen molar-refractivity contribution in [2.24, 2.45) is 7.05 Å². The standard InChI is InChI=1S/C20H18ClN7/c1-28-8-6-15(27-28)18-17(26-20(19(22)25-18)24-13-4-5-13)12-9-11-3-2-7-23-16(11)14(21)10-12/h2-3,6-10,13H,4-5H2,1H3,(H2,22,25)(H,24,26). The molecule has 0 unspecified atom stereocenters. The molecule has 0 spiro atoms. The van der Waals surface area contributed by atoms with Gasteiger partial charge in [-0.25, -0.2) is 9.97 Å². The fraction of sp³-hybridized carbons (Fsp3) is 0.200. The Kier molecular flexibility index (Phi) is 3.91. The van der Waals surface area contributed by atoms with E-state index in [9.17, 15) is 0 Å². The molecule has 3 N–H and O–H groups in total. The first kappa shape index (κ1) is 16.9. The Hall–Kier alpha value is -3.19. The number of aromatic nitrogens is 5. The summed E-state index contributed by atoms with van der Waals surface area (Å²) in [6, 6.07) is 10.1. The number of rotatable bonds is 4. The van der Waals surface area contributed by atoms with Crippen molar-refractivity contribution < 1.29 is 0 Å². The van der Waals surface area contributed by atoms with E-state index in [0.717, 1.165) is 29.3 Å². The first-order chi connectivity index (χ1) is 13.6. The van der Waals surface area contributed by atoms with Crippen LogP contribution in [0.1, 0.15) is 12.8 Å². The van der Waals surface area contributed by atoms with E-state index in [2.05, 4.69) is 20.4 Å². The van der Waals surface area contributed by atoms with Gasteiger partial charge in [0, 0.05) is 36.4 Å². The first-order valence-corrected chi connectivity index (χ1v) is 9.45. The van der Waals surface area contributed by atoms with Gasteiger partial charge in [-0.15, -0.1) is 0 Å². The number of hydrogen-bond donors (Lipinski definition) is 2. The van der Waals surface area contributed by atoms with E-state index in [-0.39, 0.29) is 0 Å². The molecule has 1 aliphatic carbocycles. The Labute approximate surface area is 166 Å². The Morgan fingerprint density at radius 3 is 2.79 bits per heavy atom. The van der Waals surface area contributed by atoms with E-state index in [0.29, 0.717) is 39.8 Å². The molecule has 3 aromatic heterocycles. The van der Waals surface area contributed by atoms with Crippen LogP contribution < -0.4 is 11.1 Å². The maximum Gasteiger partial charge on any atom is 0.169 e. The summed E-state index contributed by atoms with van der Waals surface area (Å²) < 4.78 is 1.73. The third kappa shape index (κ3) is 3.03. The topological polar surface area (TPSA) is 94.5 Å². The number of pyridine rings is 1. The minimum absolute atomic E-state index is 0.366. The molecule has 140 valence electrons. The van der Waals surface area contributed by atoms with Crippen LogP contribution in [0, 0.1) is 0 Å². The van der Waals surface area contributed by atoms with Crippen LogP contribution in [0.4, 0.5) is 11.6 Å². The molecule has 0 amide bonds. The summed E-state index contributed by atoms with van der Waals surface area (Å²) in [6.45, 7) is 0. The van der Waals surface area contributed by atoms with Gasteiger partial charge < -0.3 is 11.1 Å². The van der Waals surface area contributed by atoms with Crippen molar-refractivity contribution in [1.29, 1.82) is 0 Å². The zero-order valence-electron chi connectivity index (χ0n) is 15.2. The maximum atomic E-state index is 6.51. The molecule has 28 heavy (non-hydrogen) atoms. The monoisotopic (exact) mass is 391 g/mol. The number of aryl methyl sites for hydroxylation is 1. The van der Waals surface area contributed by atoms with Gasteiger partial charge >= 0.3 is 0 Å². The van der Waals surface area contributed by atoms with Gasteiger partial charge in [-0.05, 0) is 37.1 Å². The molecule has 0 atom stereocenters. The lowest BCUT2D eigenvalue weighted by molar-refractivity contribution is 0.770. The van der Waals surface area contributed by atoms with Crippen molar-refractivity contribution >= 4 is 34.1 Å². The summed E-state index contributed by atoms with van der Waals surface area (Å²) in [6.07, 6.45) is 5.83. The number of nitrogens with two attached hydrogens (primary N) is 1. The van der Waals surface area contributed by atoms with Gasteiger partial charge in [-0.1, -0.05) is 17.7 Å². The smallest absolute Gasteiger partial charge is 0.169 e. The van der Waals surface area contributed by atoms with Gasteiger partial charge in [0.2, 0.25) is 0 Å². The molecule has 8 heteroatoms. The van der Waals surface area contributed by atoms with Crippen LogP contribution in [-0.4, -0.2) is 30.8 Å². The quantitative estimate of drug-likeness (QED) is 0.547. The summed E-state index contributed by atoms with van der Waals surface area (Å²) in [5.41, 5.74) is 9.82. The van der Waals surface area contributed by atoms with Crippen LogP contribution in [0.3, 0.4) is 0 Å². The summed E-state index contributed by atoms with van der Waals surface area (Å²) in [5, 5.41) is 9.35. The predicted molar refractivity (Wildman–Crippen MR) is 111 cm³/mol. The van der Waals surface area contributed by atoms with Gasteiger partial charge in [0.1, 0.15) is 17.1 Å². The van der Waals surface area contributed by atoms with E-state index in [1.165, 1.54) is 0 Å². The third-order valence-corrected chi connectivity index (χ3v) is 5.02. The number of hydrogen-bond acceptors (Lipinski definition) is 6. The lowest BCUT2D eigenvalue weighted by atomic mass is 10.0. The average molecular weight is 392 g/mol. The van der Waals surface area contributed by atoms with Crippen LogP contribution in [-0.2, 0) is 7.05 Å². The van der Waals surface area contributed by atoms with Crippen molar-refractivity contribution in [2.75, 3.05) is 11.1 Å². The average Bonchev–Trinajstić information content (AvgIpc) is 3.40. The second-order valence-electron chi connectivity index (χ2n) is 6.98. The van der Waals surface area contributed by atoms with Gasteiger partial charge in [0.15, 0.2) is 11.6 Å². The zero-order valence-corrected chi connectivity index (χ0v) is 16.0. The Morgan fingerprint density at radius 1 is 1.18 bits per heavy atom. The minimum atomic E-state index is 0.366. The van der Waals surface area contributed by atoms with Gasteiger partial charge in [0.05, 0.1) is 10.5 Å². The van der Waals surface area contributed by atoms with Crippen molar-refractivity contribution in [3.8, 4) is 22.6 Å². The molecule has 0 radical (unpaired) electrons. The molecule has 5 rings (SSSR count). The lowest BCUT2D eigenvalue weighted by Gasteiger charge is -2.13. The van der Waals surface area contributed by atoms with Gasteiger partial charge in [-0.3, -0.25) is 9.67 Å². The molecular formula is C20H18ClN7. The van der Waals surface area contributed by atoms with Crippen molar-refractivity contribution in [3.63, 3.8) is 0 Å². The number of nitrogens with one attached hydrogen (secondary N) is 1. The number of benzene rings is 1. The molecule has 0 aliphatic heterocycles. The van der Waals surface area contributed by atoms with E-state index in [1.807, 2.05) is 43.6 Å². The van der Waals surface area contributed by atoms with E-state index >= 15 is 0 Å². The number of nitrogen functional groups attached to an aromatic ring is 1. The summed E-state index contributed by atoms with van der Waals surface area (Å²) >= 11 is 6.51. The van der Waals surface area contributed by atoms with E-state index in [1.54, 1.807) is 10.9 Å². The molecule has 0 bridgehead atoms. The molecular weight excluding hydrogens is 374 g/mol. The van der Waals surface area contributed by atoms with E-state index < -0.39 is 0 Å². The summed E-state index contributed by atoms with van der Waals surface area (Å²) in [7, 11) is 1.86. The minimum Gasteiger partial charge on any atom is -0.381 e. The third-order valence-electron chi connectivity index (χ3n) is 4.73. The molecule has 1 aromatic carbocycles. The highest BCUT2D eigenvalue weighted by atomic mass is 35.5. The first-order valence-electron chi connectivity index (χ1n) is 9.07. The zero-order chi connectivity index (χ0) is 19.3. The van der Waals surface area contributed by atoms with Crippen LogP contribution in [0.25, 0.3) is 33.5 Å². The molecule has 4 aromatic rings. The van der Waals surface area contributed by atoms with E-state index in [4.69, 9.17) is 22.3 Å². The highest BCUT2D eigenvalue weighted by Crippen LogP contribution is 2.36. The van der Waals surface area contributed by atoms with Crippen LogP contribution >= 0.6 is 11.6 Å². The van der Waals surface area contributed by atoms with Crippen molar-refractivity contribution in [1.82, 2.24) is 24.7 Å². The molecule has 1 aliphatic rings. The summed E-state index contributed by atoms with van der Waals surface area (Å²) in [5.74, 6) is 0.962. The predicted octanol–water partition coefficient (Wildman–Crippen LogP) is 3.90. The number of anilines is 2. The highest BCUT2D eigenvalue weighted by molar-refractivity contribution is 6.35. The SMILES string of the molecule is Cn1ccc(-c2nc(N)c(NC3CC3)nc2-c2cc(Cl)c3ncccc3c2)n1. The van der Waals surface area contributed by atoms with Crippen molar-refractivity contribution in [2.45, 2.75) is 18.9 Å². The summed E-state index contributed by atoms with van der Waals surface area (Å²) in [4.78, 5) is 13.8. The molecule has 7 nitrogen and oxygen atoms in total. The molecule has 1 fully saturated rings. The highest BCUT2D eigenvalue weighted by Gasteiger charge is 2.25. The fourth-order valence-electron chi connectivity index (χ4n) is 3.18. The normalized spacial score (nSPS) is 13.8. The maximum absolute atomic E-state index is 6.51. The van der Waals surface area contributed by atoms with Crippen LogP contribution in [0.2, 0.25) is 5.02 Å². The molecule has 3 heterocycles. The van der Waals surface area contributed by atoms with Crippen LogP contribution in [0.15, 0.2) is 42.7 Å². The largest absolute Gasteiger partial charge is 0.381 e. The second kappa shape index (κ2) is 6.45. The molecule has 1 saturated carbocycles. The lowest BCUT2D eigenvalue weighted by Crippen LogP contribution is -2.10. The van der Waals surface area contributed by atoms with Crippen LogP contribution in [0.5, 0.6) is 0 Å². The number of nitrogens with zero attached hydrogens (tertiary/aromatic N) is 5. The Bertz CT molecular complexity index is 1200. The number of fused-ring (bicyclic) bond motifs is 1.